The second-order valence-corrected chi connectivity index (χ2v) is 1.06. The van der Waals surface area contributed by atoms with E-state index < -0.39 is 0 Å². The standard InChI is InChI=1S/C4H6NO2.Os/c5-3-4(7)1-2-6;/h1,3,5H2;/q-1;+1. The van der Waals surface area contributed by atoms with Gasteiger partial charge in [-0.2, -0.15) is 0 Å². The van der Waals surface area contributed by atoms with Crippen molar-refractivity contribution in [2.75, 3.05) is 6.54 Å². The summed E-state index contributed by atoms with van der Waals surface area (Å²) in [5.41, 5.74) is 4.83. The summed E-state index contributed by atoms with van der Waals surface area (Å²) in [4.78, 5) is 19.4. The van der Waals surface area contributed by atoms with Crippen molar-refractivity contribution in [2.24, 2.45) is 5.73 Å². The van der Waals surface area contributed by atoms with Crippen LogP contribution in [0.3, 0.4) is 0 Å². The van der Waals surface area contributed by atoms with Crippen LogP contribution in [-0.4, -0.2) is 18.6 Å². The van der Waals surface area contributed by atoms with Gasteiger partial charge in [-0.15, -0.1) is 0 Å². The zero-order chi connectivity index (χ0) is 5.70. The zero-order valence-electron chi connectivity index (χ0n) is 4.16. The van der Waals surface area contributed by atoms with Crippen LogP contribution in [0.1, 0.15) is 6.42 Å². The van der Waals surface area contributed by atoms with Crippen molar-refractivity contribution in [3.8, 4) is 0 Å². The van der Waals surface area contributed by atoms with E-state index in [1.54, 1.807) is 0 Å². The minimum Gasteiger partial charge on any atom is -0.541 e. The van der Waals surface area contributed by atoms with E-state index in [9.17, 15) is 9.59 Å². The van der Waals surface area contributed by atoms with E-state index in [1.807, 2.05) is 0 Å². The molecule has 2 N–H and O–H groups in total. The Bertz CT molecular complexity index is 84.1. The average Bonchev–Trinajstić information content (AvgIpc) is 1.68. The largest absolute Gasteiger partial charge is 1.00 e. The molecule has 0 aliphatic heterocycles. The molecule has 0 rings (SSSR count). The Morgan fingerprint density at radius 2 is 2.12 bits per heavy atom. The smallest absolute Gasteiger partial charge is 0.541 e. The summed E-state index contributed by atoms with van der Waals surface area (Å²) >= 11 is 0. The molecular weight excluding hydrogens is 284 g/mol. The van der Waals surface area contributed by atoms with Gasteiger partial charge in [-0.05, 0) is 0 Å². The van der Waals surface area contributed by atoms with Crippen LogP contribution in [0.4, 0.5) is 0 Å². The summed E-state index contributed by atoms with van der Waals surface area (Å²) < 4.78 is 0. The Labute approximate surface area is 60.7 Å². The van der Waals surface area contributed by atoms with Crippen molar-refractivity contribution < 1.29 is 29.4 Å². The van der Waals surface area contributed by atoms with Gasteiger partial charge in [0.2, 0.25) is 0 Å². The second kappa shape index (κ2) is 6.94. The van der Waals surface area contributed by atoms with Gasteiger partial charge in [0.05, 0.1) is 0 Å². The molecule has 1 radical (unpaired) electrons. The molecule has 0 aromatic carbocycles. The molecule has 3 nitrogen and oxygen atoms in total. The number of carbonyl (C=O) groups is 1. The van der Waals surface area contributed by atoms with Crippen LogP contribution in [0, 0.1) is 0 Å². The van der Waals surface area contributed by atoms with Crippen LogP contribution >= 0.6 is 0 Å². The molecule has 0 saturated carbocycles. The number of hydrogen-bond acceptors (Lipinski definition) is 3. The van der Waals surface area contributed by atoms with Crippen LogP contribution in [0.25, 0.3) is 0 Å². The van der Waals surface area contributed by atoms with Gasteiger partial charge in [-0.1, -0.05) is 6.42 Å². The molecule has 8 heavy (non-hydrogen) atoms. The van der Waals surface area contributed by atoms with Crippen molar-refractivity contribution >= 4 is 12.1 Å². The summed E-state index contributed by atoms with van der Waals surface area (Å²) in [7, 11) is 0. The Balaban J connectivity index is 0. The first-order valence-electron chi connectivity index (χ1n) is 1.88. The minimum atomic E-state index is -0.269. The molecule has 0 amide bonds. The van der Waals surface area contributed by atoms with Gasteiger partial charge in [0.1, 0.15) is 5.78 Å². The minimum absolute atomic E-state index is 0. The predicted octanol–water partition coefficient (Wildman–Crippen LogP) is -0.989. The van der Waals surface area contributed by atoms with Gasteiger partial charge in [0, 0.05) is 6.54 Å². The molecule has 0 atom stereocenters. The van der Waals surface area contributed by atoms with E-state index in [4.69, 9.17) is 5.73 Å². The van der Waals surface area contributed by atoms with E-state index in [-0.39, 0.29) is 38.5 Å². The van der Waals surface area contributed by atoms with Gasteiger partial charge >= 0.3 is 19.8 Å². The average molecular weight is 290 g/mol. The van der Waals surface area contributed by atoms with E-state index in [0.29, 0.717) is 0 Å². The van der Waals surface area contributed by atoms with E-state index in [1.165, 1.54) is 6.29 Å². The first kappa shape index (κ1) is 10.8. The van der Waals surface area contributed by atoms with E-state index >= 15 is 0 Å². The van der Waals surface area contributed by atoms with E-state index in [2.05, 4.69) is 0 Å². The third kappa shape index (κ3) is 5.94. The van der Waals surface area contributed by atoms with E-state index in [0.717, 1.165) is 0 Å². The predicted molar refractivity (Wildman–Crippen MR) is 24.4 cm³/mol. The van der Waals surface area contributed by atoms with Crippen LogP contribution in [0.5, 0.6) is 0 Å². The molecule has 0 aliphatic rings. The van der Waals surface area contributed by atoms with Gasteiger partial charge in [-0.25, -0.2) is 0 Å². The first-order valence-corrected chi connectivity index (χ1v) is 1.88. The topological polar surface area (TPSA) is 60.2 Å². The number of hydrogen-bond donors (Lipinski definition) is 1. The van der Waals surface area contributed by atoms with Crippen LogP contribution < -0.4 is 5.73 Å². The molecule has 0 aromatic rings. The van der Waals surface area contributed by atoms with Crippen molar-refractivity contribution in [1.29, 1.82) is 0 Å². The summed E-state index contributed by atoms with van der Waals surface area (Å²) in [5.74, 6) is -0.269. The zero-order valence-corrected chi connectivity index (χ0v) is 6.70. The fraction of sp³-hybridized carbons (Fsp3) is 0.500. The Morgan fingerprint density at radius 1 is 1.62 bits per heavy atom. The summed E-state index contributed by atoms with van der Waals surface area (Å²) in [5, 5.41) is 0. The monoisotopic (exact) mass is 292 g/mol. The fourth-order valence-corrected chi connectivity index (χ4v) is 0.153. The molecule has 0 spiro atoms. The molecule has 0 aromatic heterocycles. The summed E-state index contributed by atoms with van der Waals surface area (Å²) in [6.45, 7) is -0.0603. The number of nitrogens with two attached hydrogens (primary N) is 1. The maximum Gasteiger partial charge on any atom is 1.00 e. The SMILES string of the molecule is NCC(=O)C[C-]=O.[Os+]. The van der Waals surface area contributed by atoms with Crippen LogP contribution in [0.15, 0.2) is 0 Å². The number of carbonyl (C=O) groups excluding carboxylic acids is 2. The molecule has 0 aliphatic carbocycles. The van der Waals surface area contributed by atoms with Crippen molar-refractivity contribution in [2.45, 2.75) is 6.42 Å². The molecular formula is C4H6NO2Os. The molecule has 0 fully saturated rings. The normalized spacial score (nSPS) is 7.12. The number of rotatable bonds is 3. The Morgan fingerprint density at radius 3 is 2.25 bits per heavy atom. The van der Waals surface area contributed by atoms with Crippen molar-refractivity contribution in [1.82, 2.24) is 0 Å². The number of Topliss-reactive ketones (excluding diaryl/α,β-unsaturated/α-hetero) is 1. The quantitative estimate of drug-likeness (QED) is 0.536. The maximum atomic E-state index is 10.0. The third-order valence-electron chi connectivity index (χ3n) is 0.497. The molecule has 0 bridgehead atoms. The molecule has 0 heterocycles. The molecule has 0 unspecified atom stereocenters. The number of ketones is 1. The fourth-order valence-electron chi connectivity index (χ4n) is 0.153. The summed E-state index contributed by atoms with van der Waals surface area (Å²) in [6, 6.07) is 0. The molecule has 0 saturated heterocycles. The van der Waals surface area contributed by atoms with Crippen molar-refractivity contribution in [3.63, 3.8) is 0 Å². The van der Waals surface area contributed by atoms with Gasteiger partial charge in [0.15, 0.2) is 0 Å². The molecule has 4 heteroatoms. The van der Waals surface area contributed by atoms with Gasteiger partial charge < -0.3 is 15.3 Å². The second-order valence-electron chi connectivity index (χ2n) is 1.06. The van der Waals surface area contributed by atoms with Crippen LogP contribution in [-0.2, 0) is 29.4 Å². The maximum absolute atomic E-state index is 10.0. The first-order chi connectivity index (χ1) is 3.31. The Hall–Kier alpha value is -0.0636. The van der Waals surface area contributed by atoms with Crippen LogP contribution in [0.2, 0.25) is 0 Å². The Kier molecular flexibility index (Phi) is 9.39. The third-order valence-corrected chi connectivity index (χ3v) is 0.497. The summed E-state index contributed by atoms with van der Waals surface area (Å²) in [6.07, 6.45) is 1.27. The van der Waals surface area contributed by atoms with Gasteiger partial charge in [-0.3, -0.25) is 6.29 Å². The molecule has 47 valence electrons. The van der Waals surface area contributed by atoms with Crippen molar-refractivity contribution in [3.05, 3.63) is 0 Å². The van der Waals surface area contributed by atoms with Gasteiger partial charge in [0.25, 0.3) is 0 Å².